The molecule has 5 nitrogen and oxygen atoms in total. The molecule has 4 aromatic rings. The highest BCUT2D eigenvalue weighted by atomic mass is 35.5. The molecule has 0 saturated carbocycles. The van der Waals surface area contributed by atoms with Crippen molar-refractivity contribution in [3.63, 3.8) is 0 Å². The number of hydrogen-bond donors (Lipinski definition) is 1. The first-order valence-electron chi connectivity index (χ1n) is 10.6. The zero-order valence-electron chi connectivity index (χ0n) is 17.5. The van der Waals surface area contributed by atoms with E-state index in [0.717, 1.165) is 54.4 Å². The molecule has 1 aromatic heterocycles. The minimum Gasteiger partial charge on any atom is -0.378 e. The number of halogens is 1. The zero-order valence-corrected chi connectivity index (χ0v) is 18.2. The van der Waals surface area contributed by atoms with Gasteiger partial charge in [0.15, 0.2) is 0 Å². The molecular formula is C26H22ClN4O. The minimum absolute atomic E-state index is 0.554. The van der Waals surface area contributed by atoms with Crippen LogP contribution in [0.2, 0.25) is 5.02 Å². The lowest BCUT2D eigenvalue weighted by molar-refractivity contribution is 0.122. The van der Waals surface area contributed by atoms with E-state index in [4.69, 9.17) is 21.3 Å². The maximum absolute atomic E-state index is 6.15. The van der Waals surface area contributed by atoms with Crippen LogP contribution in [-0.4, -0.2) is 36.3 Å². The van der Waals surface area contributed by atoms with E-state index < -0.39 is 0 Å². The van der Waals surface area contributed by atoms with Gasteiger partial charge in [-0.3, -0.25) is 0 Å². The highest BCUT2D eigenvalue weighted by Crippen LogP contribution is 2.27. The molecule has 0 bridgehead atoms. The lowest BCUT2D eigenvalue weighted by Crippen LogP contribution is -2.36. The molecule has 0 aliphatic carbocycles. The van der Waals surface area contributed by atoms with Gasteiger partial charge >= 0.3 is 0 Å². The summed E-state index contributed by atoms with van der Waals surface area (Å²) >= 11 is 6.15. The first-order chi connectivity index (χ1) is 15.7. The molecule has 1 aliphatic rings. The third-order valence-electron chi connectivity index (χ3n) is 5.39. The highest BCUT2D eigenvalue weighted by molar-refractivity contribution is 6.30. The Bertz CT molecular complexity index is 1210. The third-order valence-corrected chi connectivity index (χ3v) is 5.62. The molecule has 1 saturated heterocycles. The van der Waals surface area contributed by atoms with E-state index >= 15 is 0 Å². The Morgan fingerprint density at radius 1 is 0.938 bits per heavy atom. The quantitative estimate of drug-likeness (QED) is 0.421. The van der Waals surface area contributed by atoms with Crippen LogP contribution in [0.5, 0.6) is 0 Å². The summed E-state index contributed by atoms with van der Waals surface area (Å²) in [6, 6.07) is 27.2. The summed E-state index contributed by atoms with van der Waals surface area (Å²) in [6.07, 6.45) is 1.77. The Kier molecular flexibility index (Phi) is 6.01. The number of rotatable bonds is 5. The van der Waals surface area contributed by atoms with Crippen molar-refractivity contribution >= 4 is 28.9 Å². The lowest BCUT2D eigenvalue weighted by atomic mass is 10.0. The van der Waals surface area contributed by atoms with Crippen molar-refractivity contribution in [1.82, 2.24) is 9.97 Å². The standard InChI is InChI=1S/C26H22ClN4O/c27-22-6-2-4-20(18-22)19-3-1-5-21(17-19)25-11-12-28-26(30-25)29-23-7-9-24(10-8-23)31-13-15-32-16-14-31/h1-2,4-12,17-18H,13-16H2,(H,28,29,30). The Hall–Kier alpha value is -3.41. The van der Waals surface area contributed by atoms with Crippen LogP contribution in [0.15, 0.2) is 79.0 Å². The number of hydrogen-bond acceptors (Lipinski definition) is 5. The Balaban J connectivity index is 1.34. The number of aromatic nitrogens is 2. The van der Waals surface area contributed by atoms with E-state index in [1.807, 2.05) is 42.5 Å². The molecule has 5 rings (SSSR count). The molecule has 3 aromatic carbocycles. The van der Waals surface area contributed by atoms with Crippen LogP contribution >= 0.6 is 11.6 Å². The summed E-state index contributed by atoms with van der Waals surface area (Å²) in [5, 5.41) is 4.01. The Morgan fingerprint density at radius 2 is 1.78 bits per heavy atom. The molecule has 6 heteroatoms. The maximum Gasteiger partial charge on any atom is 0.227 e. The minimum atomic E-state index is 0.554. The summed E-state index contributed by atoms with van der Waals surface area (Å²) in [6.45, 7) is 3.39. The third kappa shape index (κ3) is 4.74. The topological polar surface area (TPSA) is 50.3 Å². The van der Waals surface area contributed by atoms with Crippen molar-refractivity contribution in [2.24, 2.45) is 0 Å². The molecule has 0 amide bonds. The van der Waals surface area contributed by atoms with Crippen LogP contribution in [0, 0.1) is 6.07 Å². The van der Waals surface area contributed by atoms with Crippen molar-refractivity contribution in [3.8, 4) is 22.4 Å². The fourth-order valence-corrected chi connectivity index (χ4v) is 3.92. The van der Waals surface area contributed by atoms with Gasteiger partial charge in [0.2, 0.25) is 5.95 Å². The van der Waals surface area contributed by atoms with E-state index in [-0.39, 0.29) is 0 Å². The molecule has 0 atom stereocenters. The number of nitrogens with zero attached hydrogens (tertiary/aromatic N) is 3. The second-order valence-corrected chi connectivity index (χ2v) is 7.97. The van der Waals surface area contributed by atoms with Crippen LogP contribution in [0.25, 0.3) is 22.4 Å². The van der Waals surface area contributed by atoms with Gasteiger partial charge in [-0.2, -0.15) is 0 Å². The zero-order chi connectivity index (χ0) is 21.8. The van der Waals surface area contributed by atoms with Gasteiger partial charge in [-0.25, -0.2) is 9.97 Å². The summed E-state index contributed by atoms with van der Waals surface area (Å²) in [4.78, 5) is 11.4. The lowest BCUT2D eigenvalue weighted by Gasteiger charge is -2.28. The van der Waals surface area contributed by atoms with E-state index in [0.29, 0.717) is 11.0 Å². The van der Waals surface area contributed by atoms with E-state index in [9.17, 15) is 0 Å². The van der Waals surface area contributed by atoms with Gasteiger partial charge in [-0.15, -0.1) is 0 Å². The van der Waals surface area contributed by atoms with Crippen LogP contribution < -0.4 is 10.2 Å². The number of anilines is 3. The first kappa shape index (κ1) is 20.5. The van der Waals surface area contributed by atoms with E-state index in [1.165, 1.54) is 5.69 Å². The summed E-state index contributed by atoms with van der Waals surface area (Å²) in [5.41, 5.74) is 5.96. The SMILES string of the molecule is Clc1cccc(-c2[c]ccc(-c3ccnc(Nc4ccc(N5CCOCC5)cc4)n3)c2)c1. The van der Waals surface area contributed by atoms with Crippen molar-refractivity contribution in [2.45, 2.75) is 0 Å². The van der Waals surface area contributed by atoms with Gasteiger partial charge in [0.05, 0.1) is 18.9 Å². The molecule has 1 N–H and O–H groups in total. The molecule has 2 heterocycles. The number of ether oxygens (including phenoxy) is 1. The van der Waals surface area contributed by atoms with Crippen LogP contribution in [0.4, 0.5) is 17.3 Å². The van der Waals surface area contributed by atoms with Crippen molar-refractivity contribution in [1.29, 1.82) is 0 Å². The summed E-state index contributed by atoms with van der Waals surface area (Å²) in [5.74, 6) is 0.554. The number of morpholine rings is 1. The Morgan fingerprint density at radius 3 is 2.59 bits per heavy atom. The van der Waals surface area contributed by atoms with Crippen LogP contribution in [0.1, 0.15) is 0 Å². The molecule has 1 aliphatic heterocycles. The van der Waals surface area contributed by atoms with E-state index in [2.05, 4.69) is 51.6 Å². The smallest absolute Gasteiger partial charge is 0.227 e. The van der Waals surface area contributed by atoms with Crippen molar-refractivity contribution < 1.29 is 4.74 Å². The fraction of sp³-hybridized carbons (Fsp3) is 0.154. The van der Waals surface area contributed by atoms with Gasteiger partial charge in [0.25, 0.3) is 0 Å². The normalized spacial score (nSPS) is 13.7. The van der Waals surface area contributed by atoms with E-state index in [1.54, 1.807) is 6.20 Å². The molecular weight excluding hydrogens is 420 g/mol. The monoisotopic (exact) mass is 441 g/mol. The van der Waals surface area contributed by atoms with Crippen LogP contribution in [-0.2, 0) is 4.74 Å². The largest absolute Gasteiger partial charge is 0.378 e. The Labute approximate surface area is 192 Å². The molecule has 32 heavy (non-hydrogen) atoms. The van der Waals surface area contributed by atoms with Gasteiger partial charge in [-0.1, -0.05) is 35.9 Å². The van der Waals surface area contributed by atoms with Crippen molar-refractivity contribution in [2.75, 3.05) is 36.5 Å². The highest BCUT2D eigenvalue weighted by Gasteiger charge is 2.11. The molecule has 159 valence electrons. The van der Waals surface area contributed by atoms with Crippen molar-refractivity contribution in [3.05, 3.63) is 90.1 Å². The van der Waals surface area contributed by atoms with Gasteiger partial charge in [0, 0.05) is 41.2 Å². The predicted molar refractivity (Wildman–Crippen MR) is 130 cm³/mol. The molecule has 1 radical (unpaired) electrons. The summed E-state index contributed by atoms with van der Waals surface area (Å²) < 4.78 is 5.43. The molecule has 1 fully saturated rings. The maximum atomic E-state index is 6.15. The van der Waals surface area contributed by atoms with Crippen LogP contribution in [0.3, 0.4) is 0 Å². The fourth-order valence-electron chi connectivity index (χ4n) is 3.73. The average molecular weight is 442 g/mol. The van der Waals surface area contributed by atoms with Gasteiger partial charge < -0.3 is 15.0 Å². The molecule has 0 spiro atoms. The average Bonchev–Trinajstić information content (AvgIpc) is 2.85. The van der Waals surface area contributed by atoms with Gasteiger partial charge in [0.1, 0.15) is 0 Å². The predicted octanol–water partition coefficient (Wildman–Crippen LogP) is 5.84. The summed E-state index contributed by atoms with van der Waals surface area (Å²) in [7, 11) is 0. The second kappa shape index (κ2) is 9.39. The number of benzene rings is 3. The van der Waals surface area contributed by atoms with Gasteiger partial charge in [-0.05, 0) is 65.7 Å². The number of nitrogens with one attached hydrogen (secondary N) is 1. The second-order valence-electron chi connectivity index (χ2n) is 7.54. The molecule has 0 unspecified atom stereocenters. The first-order valence-corrected chi connectivity index (χ1v) is 10.9.